The minimum Gasteiger partial charge on any atom is -0.298 e. The lowest BCUT2D eigenvalue weighted by Crippen LogP contribution is -2.01. The number of aldehydes is 1. The van der Waals surface area contributed by atoms with E-state index in [1.165, 1.54) is 6.92 Å². The fraction of sp³-hybridized carbons (Fsp3) is 0.222. The maximum absolute atomic E-state index is 12.4. The Bertz CT molecular complexity index is 410. The molecule has 5 heteroatoms. The summed E-state index contributed by atoms with van der Waals surface area (Å²) in [5.41, 5.74) is -0.541. The number of carbonyl (C=O) groups is 1. The molecule has 14 heavy (non-hydrogen) atoms. The normalized spacial score (nSPS) is 9.93. The Balaban J connectivity index is 3.45. The van der Waals surface area contributed by atoms with Crippen molar-refractivity contribution in [3.05, 3.63) is 28.6 Å². The van der Waals surface area contributed by atoms with E-state index >= 15 is 0 Å². The van der Waals surface area contributed by atoms with E-state index in [-0.39, 0.29) is 17.0 Å². The summed E-state index contributed by atoms with van der Waals surface area (Å²) in [5, 5.41) is 8.49. The first-order valence-electron chi connectivity index (χ1n) is 3.75. The molecule has 1 aromatic heterocycles. The number of hydrogen-bond donors (Lipinski definition) is 0. The number of carbonyl (C=O) groups excluding carboxylic acids is 1. The fourth-order valence-corrected chi connectivity index (χ4v) is 1.10. The number of nitriles is 1. The smallest absolute Gasteiger partial charge is 0.264 e. The molecule has 1 heterocycles. The summed E-state index contributed by atoms with van der Waals surface area (Å²) in [6, 6.07) is 2.59. The van der Waals surface area contributed by atoms with Gasteiger partial charge in [-0.15, -0.1) is 0 Å². The predicted octanol–water partition coefficient (Wildman–Crippen LogP) is 2.01. The van der Waals surface area contributed by atoms with Crippen molar-refractivity contribution < 1.29 is 13.6 Å². The van der Waals surface area contributed by atoms with Crippen molar-refractivity contribution in [1.82, 2.24) is 4.98 Å². The van der Waals surface area contributed by atoms with E-state index < -0.39 is 12.0 Å². The van der Waals surface area contributed by atoms with Crippen LogP contribution in [0.1, 0.15) is 33.7 Å². The number of halogens is 2. The van der Waals surface area contributed by atoms with Gasteiger partial charge in [0.25, 0.3) is 6.43 Å². The van der Waals surface area contributed by atoms with Crippen LogP contribution in [-0.2, 0) is 0 Å². The minimum absolute atomic E-state index is 0.108. The SMILES string of the molecule is Cc1nc(C#N)cc(C(F)F)c1C=O. The summed E-state index contributed by atoms with van der Waals surface area (Å²) in [5.74, 6) is 0. The van der Waals surface area contributed by atoms with Crippen LogP contribution in [0.3, 0.4) is 0 Å². The summed E-state index contributed by atoms with van der Waals surface area (Å²) in [7, 11) is 0. The van der Waals surface area contributed by atoms with Crippen LogP contribution in [0.5, 0.6) is 0 Å². The zero-order valence-corrected chi connectivity index (χ0v) is 7.29. The molecule has 0 saturated carbocycles. The lowest BCUT2D eigenvalue weighted by atomic mass is 10.1. The molecule has 0 atom stereocenters. The number of alkyl halides is 2. The average Bonchev–Trinajstić information content (AvgIpc) is 2.16. The van der Waals surface area contributed by atoms with Crippen molar-refractivity contribution in [2.24, 2.45) is 0 Å². The first-order chi connectivity index (χ1) is 6.60. The molecule has 0 aliphatic heterocycles. The van der Waals surface area contributed by atoms with Gasteiger partial charge in [0.2, 0.25) is 0 Å². The first-order valence-corrected chi connectivity index (χ1v) is 3.75. The molecule has 72 valence electrons. The Morgan fingerprint density at radius 3 is 2.71 bits per heavy atom. The van der Waals surface area contributed by atoms with Crippen molar-refractivity contribution in [2.45, 2.75) is 13.3 Å². The van der Waals surface area contributed by atoms with E-state index in [0.29, 0.717) is 6.29 Å². The molecular weight excluding hydrogens is 190 g/mol. The molecule has 0 aromatic carbocycles. The van der Waals surface area contributed by atoms with Crippen molar-refractivity contribution in [3.8, 4) is 6.07 Å². The van der Waals surface area contributed by atoms with E-state index in [1.807, 2.05) is 0 Å². The Hall–Kier alpha value is -1.83. The van der Waals surface area contributed by atoms with Crippen molar-refractivity contribution in [3.63, 3.8) is 0 Å². The largest absolute Gasteiger partial charge is 0.298 e. The van der Waals surface area contributed by atoms with Gasteiger partial charge in [0.1, 0.15) is 11.8 Å². The zero-order valence-electron chi connectivity index (χ0n) is 7.29. The van der Waals surface area contributed by atoms with Crippen LogP contribution < -0.4 is 0 Å². The molecular formula is C9H6F2N2O. The number of nitrogens with zero attached hydrogens (tertiary/aromatic N) is 2. The van der Waals surface area contributed by atoms with Gasteiger partial charge < -0.3 is 0 Å². The molecule has 0 unspecified atom stereocenters. The molecule has 0 fully saturated rings. The first kappa shape index (κ1) is 10.3. The van der Waals surface area contributed by atoms with E-state index in [0.717, 1.165) is 6.07 Å². The Kier molecular flexibility index (Phi) is 2.87. The van der Waals surface area contributed by atoms with Gasteiger partial charge in [0.15, 0.2) is 6.29 Å². The van der Waals surface area contributed by atoms with E-state index in [9.17, 15) is 13.6 Å². The Labute approximate surface area is 79.0 Å². The zero-order chi connectivity index (χ0) is 10.7. The third-order valence-electron chi connectivity index (χ3n) is 1.75. The quantitative estimate of drug-likeness (QED) is 0.680. The molecule has 1 aromatic rings. The van der Waals surface area contributed by atoms with Crippen LogP contribution >= 0.6 is 0 Å². The maximum Gasteiger partial charge on any atom is 0.264 e. The van der Waals surface area contributed by atoms with Crippen LogP contribution in [0, 0.1) is 18.3 Å². The predicted molar refractivity (Wildman–Crippen MR) is 44.0 cm³/mol. The van der Waals surface area contributed by atoms with Crippen LogP contribution in [0.15, 0.2) is 6.07 Å². The van der Waals surface area contributed by atoms with Crippen molar-refractivity contribution >= 4 is 6.29 Å². The van der Waals surface area contributed by atoms with E-state index in [4.69, 9.17) is 5.26 Å². The highest BCUT2D eigenvalue weighted by molar-refractivity contribution is 5.79. The molecule has 0 spiro atoms. The fourth-order valence-electron chi connectivity index (χ4n) is 1.10. The molecule has 0 radical (unpaired) electrons. The number of aromatic nitrogens is 1. The Morgan fingerprint density at radius 2 is 2.29 bits per heavy atom. The van der Waals surface area contributed by atoms with Gasteiger partial charge in [-0.05, 0) is 13.0 Å². The Morgan fingerprint density at radius 1 is 1.64 bits per heavy atom. The third kappa shape index (κ3) is 1.74. The van der Waals surface area contributed by atoms with Crippen LogP contribution in [0.2, 0.25) is 0 Å². The topological polar surface area (TPSA) is 53.8 Å². The molecule has 3 nitrogen and oxygen atoms in total. The lowest BCUT2D eigenvalue weighted by Gasteiger charge is -2.05. The van der Waals surface area contributed by atoms with Gasteiger partial charge >= 0.3 is 0 Å². The number of hydrogen-bond acceptors (Lipinski definition) is 3. The molecule has 0 amide bonds. The standard InChI is InChI=1S/C9H6F2N2O/c1-5-8(4-14)7(9(10)11)2-6(3-12)13-5/h2,4,9H,1H3. The maximum atomic E-state index is 12.4. The third-order valence-corrected chi connectivity index (χ3v) is 1.75. The summed E-state index contributed by atoms with van der Waals surface area (Å²) in [6.45, 7) is 1.41. The highest BCUT2D eigenvalue weighted by atomic mass is 19.3. The molecule has 0 bridgehead atoms. The molecule has 0 aliphatic rings. The highest BCUT2D eigenvalue weighted by Crippen LogP contribution is 2.23. The van der Waals surface area contributed by atoms with Crippen molar-refractivity contribution in [1.29, 1.82) is 5.26 Å². The highest BCUT2D eigenvalue weighted by Gasteiger charge is 2.16. The van der Waals surface area contributed by atoms with Crippen LogP contribution in [0.4, 0.5) is 8.78 Å². The van der Waals surface area contributed by atoms with Crippen molar-refractivity contribution in [2.75, 3.05) is 0 Å². The lowest BCUT2D eigenvalue weighted by molar-refractivity contribution is 0.110. The van der Waals surface area contributed by atoms with Gasteiger partial charge in [-0.1, -0.05) is 0 Å². The summed E-state index contributed by atoms with van der Waals surface area (Å²) in [4.78, 5) is 14.2. The second-order valence-electron chi connectivity index (χ2n) is 2.63. The number of rotatable bonds is 2. The van der Waals surface area contributed by atoms with Crippen LogP contribution in [-0.4, -0.2) is 11.3 Å². The van der Waals surface area contributed by atoms with Gasteiger partial charge in [0.05, 0.1) is 0 Å². The molecule has 1 rings (SSSR count). The molecule has 0 saturated heterocycles. The molecule has 0 N–H and O–H groups in total. The second-order valence-corrected chi connectivity index (χ2v) is 2.63. The second kappa shape index (κ2) is 3.92. The summed E-state index contributed by atoms with van der Waals surface area (Å²) in [6.07, 6.45) is -2.45. The minimum atomic E-state index is -2.77. The number of aryl methyl sites for hydroxylation is 1. The van der Waals surface area contributed by atoms with E-state index in [2.05, 4.69) is 4.98 Å². The molecule has 0 aliphatic carbocycles. The van der Waals surface area contributed by atoms with Gasteiger partial charge in [0, 0.05) is 16.8 Å². The van der Waals surface area contributed by atoms with Gasteiger partial charge in [-0.25, -0.2) is 13.8 Å². The van der Waals surface area contributed by atoms with Gasteiger partial charge in [-0.2, -0.15) is 5.26 Å². The summed E-state index contributed by atoms with van der Waals surface area (Å²) >= 11 is 0. The summed E-state index contributed by atoms with van der Waals surface area (Å²) < 4.78 is 24.8. The van der Waals surface area contributed by atoms with Gasteiger partial charge in [-0.3, -0.25) is 4.79 Å². The van der Waals surface area contributed by atoms with Crippen LogP contribution in [0.25, 0.3) is 0 Å². The number of pyridine rings is 1. The van der Waals surface area contributed by atoms with E-state index in [1.54, 1.807) is 6.07 Å². The monoisotopic (exact) mass is 196 g/mol. The average molecular weight is 196 g/mol.